The van der Waals surface area contributed by atoms with Crippen LogP contribution in [-0.2, 0) is 10.9 Å². The van der Waals surface area contributed by atoms with Crippen molar-refractivity contribution in [2.45, 2.75) is 19.5 Å². The molecule has 1 aromatic heterocycles. The molecule has 4 nitrogen and oxygen atoms in total. The number of carbonyl (C=O) groups is 1. The molecule has 0 atom stereocenters. The average molecular weight is 429 g/mol. The number of halogens is 7. The number of ether oxygens (including phenoxy) is 2. The standard InChI is InChI=1S/C10H6F6INO3/c1-2-20-8(19)5-4(17)3-18-7(21-10(14,15)16)6(5)9(11,12)13/h3H,2H2,1H3. The summed E-state index contributed by atoms with van der Waals surface area (Å²) in [5.74, 6) is -3.16. The van der Waals surface area contributed by atoms with E-state index in [9.17, 15) is 31.1 Å². The van der Waals surface area contributed by atoms with Gasteiger partial charge in [0.2, 0.25) is 5.88 Å². The molecule has 0 aliphatic heterocycles. The van der Waals surface area contributed by atoms with Crippen LogP contribution in [0, 0.1) is 3.57 Å². The van der Waals surface area contributed by atoms with Gasteiger partial charge in [-0.15, -0.1) is 13.2 Å². The quantitative estimate of drug-likeness (QED) is 0.417. The summed E-state index contributed by atoms with van der Waals surface area (Å²) in [6.45, 7) is 1.09. The van der Waals surface area contributed by atoms with Crippen molar-refractivity contribution < 1.29 is 40.6 Å². The van der Waals surface area contributed by atoms with Crippen LogP contribution in [0.5, 0.6) is 5.88 Å². The summed E-state index contributed by atoms with van der Waals surface area (Å²) in [6.07, 6.45) is -10.0. The second kappa shape index (κ2) is 6.23. The number of hydrogen-bond donors (Lipinski definition) is 0. The van der Waals surface area contributed by atoms with Crippen molar-refractivity contribution in [3.63, 3.8) is 0 Å². The third kappa shape index (κ3) is 4.61. The van der Waals surface area contributed by atoms with Crippen molar-refractivity contribution in [1.82, 2.24) is 4.98 Å². The summed E-state index contributed by atoms with van der Waals surface area (Å²) >= 11 is 1.33. The van der Waals surface area contributed by atoms with E-state index in [1.54, 1.807) is 0 Å². The first-order valence-corrected chi connectivity index (χ1v) is 6.23. The molecule has 1 rings (SSSR count). The lowest BCUT2D eigenvalue weighted by molar-refractivity contribution is -0.277. The zero-order valence-electron chi connectivity index (χ0n) is 10.1. The number of pyridine rings is 1. The largest absolute Gasteiger partial charge is 0.574 e. The van der Waals surface area contributed by atoms with Crippen molar-refractivity contribution in [2.75, 3.05) is 6.61 Å². The maximum Gasteiger partial charge on any atom is 0.574 e. The first-order valence-electron chi connectivity index (χ1n) is 5.16. The Balaban J connectivity index is 3.54. The fourth-order valence-electron chi connectivity index (χ4n) is 1.32. The molecule has 0 spiro atoms. The molecule has 0 saturated carbocycles. The third-order valence-electron chi connectivity index (χ3n) is 1.97. The van der Waals surface area contributed by atoms with Gasteiger partial charge in [0.25, 0.3) is 0 Å². The fraction of sp³-hybridized carbons (Fsp3) is 0.400. The van der Waals surface area contributed by atoms with E-state index in [1.165, 1.54) is 29.5 Å². The highest BCUT2D eigenvalue weighted by Crippen LogP contribution is 2.41. The molecule has 1 aromatic rings. The molecular weight excluding hydrogens is 423 g/mol. The Morgan fingerprint density at radius 3 is 2.29 bits per heavy atom. The van der Waals surface area contributed by atoms with Crippen molar-refractivity contribution in [1.29, 1.82) is 0 Å². The van der Waals surface area contributed by atoms with E-state index in [0.717, 1.165) is 0 Å². The Kier molecular flexibility index (Phi) is 5.28. The Morgan fingerprint density at radius 2 is 1.86 bits per heavy atom. The van der Waals surface area contributed by atoms with Crippen molar-refractivity contribution in [3.8, 4) is 5.88 Å². The lowest BCUT2D eigenvalue weighted by atomic mass is 10.1. The molecule has 0 unspecified atom stereocenters. The summed E-state index contributed by atoms with van der Waals surface area (Å²) in [5.41, 5.74) is -3.00. The van der Waals surface area contributed by atoms with Crippen LogP contribution in [0.4, 0.5) is 26.3 Å². The number of esters is 1. The van der Waals surface area contributed by atoms with E-state index in [4.69, 9.17) is 0 Å². The number of rotatable bonds is 3. The van der Waals surface area contributed by atoms with Gasteiger partial charge in [0.1, 0.15) is 5.56 Å². The van der Waals surface area contributed by atoms with E-state index in [-0.39, 0.29) is 10.2 Å². The minimum atomic E-state index is -5.38. The van der Waals surface area contributed by atoms with Crippen LogP contribution in [0.1, 0.15) is 22.8 Å². The molecule has 0 N–H and O–H groups in total. The summed E-state index contributed by atoms with van der Waals surface area (Å²) < 4.78 is 82.7. The molecule has 0 amide bonds. The summed E-state index contributed by atoms with van der Waals surface area (Å²) in [7, 11) is 0. The van der Waals surface area contributed by atoms with Crippen LogP contribution in [-0.4, -0.2) is 23.9 Å². The summed E-state index contributed by atoms with van der Waals surface area (Å²) in [4.78, 5) is 14.5. The van der Waals surface area contributed by atoms with Gasteiger partial charge in [-0.2, -0.15) is 13.2 Å². The molecule has 0 aromatic carbocycles. The van der Waals surface area contributed by atoms with Crippen molar-refractivity contribution in [2.24, 2.45) is 0 Å². The lowest BCUT2D eigenvalue weighted by Gasteiger charge is -2.17. The molecule has 0 aliphatic carbocycles. The van der Waals surface area contributed by atoms with E-state index in [0.29, 0.717) is 6.20 Å². The van der Waals surface area contributed by atoms with Crippen LogP contribution in [0.15, 0.2) is 6.20 Å². The van der Waals surface area contributed by atoms with Crippen LogP contribution >= 0.6 is 22.6 Å². The number of aromatic nitrogens is 1. The van der Waals surface area contributed by atoms with Gasteiger partial charge in [-0.05, 0) is 29.5 Å². The lowest BCUT2D eigenvalue weighted by Crippen LogP contribution is -2.24. The molecule has 11 heteroatoms. The molecule has 0 radical (unpaired) electrons. The predicted molar refractivity (Wildman–Crippen MR) is 64.6 cm³/mol. The number of nitrogens with zero attached hydrogens (tertiary/aromatic N) is 1. The van der Waals surface area contributed by atoms with Crippen LogP contribution < -0.4 is 4.74 Å². The van der Waals surface area contributed by atoms with Crippen LogP contribution in [0.25, 0.3) is 0 Å². The molecular formula is C10H6F6INO3. The fourth-order valence-corrected chi connectivity index (χ4v) is 1.95. The molecule has 1 heterocycles. The van der Waals surface area contributed by atoms with Gasteiger partial charge in [-0.25, -0.2) is 9.78 Å². The third-order valence-corrected chi connectivity index (χ3v) is 2.79. The Labute approximate surface area is 127 Å². The van der Waals surface area contributed by atoms with E-state index in [2.05, 4.69) is 14.5 Å². The highest BCUT2D eigenvalue weighted by atomic mass is 127. The van der Waals surface area contributed by atoms with Gasteiger partial charge in [0, 0.05) is 9.77 Å². The Hall–Kier alpha value is -1.27. The molecule has 118 valence electrons. The van der Waals surface area contributed by atoms with Gasteiger partial charge in [-0.1, -0.05) is 0 Å². The van der Waals surface area contributed by atoms with Gasteiger partial charge in [-0.3, -0.25) is 0 Å². The normalized spacial score (nSPS) is 12.2. The number of alkyl halides is 6. The molecule has 0 bridgehead atoms. The van der Waals surface area contributed by atoms with Crippen LogP contribution in [0.2, 0.25) is 0 Å². The first-order chi connectivity index (χ1) is 9.47. The minimum absolute atomic E-state index is 0.246. The van der Waals surface area contributed by atoms with Crippen molar-refractivity contribution >= 4 is 28.6 Å². The smallest absolute Gasteiger partial charge is 0.462 e. The molecule has 0 fully saturated rings. The average Bonchev–Trinajstić information content (AvgIpc) is 2.27. The van der Waals surface area contributed by atoms with Gasteiger partial charge in [0.15, 0.2) is 0 Å². The Bertz CT molecular complexity index is 543. The zero-order valence-corrected chi connectivity index (χ0v) is 12.3. The molecule has 0 saturated heterocycles. The topological polar surface area (TPSA) is 48.4 Å². The monoisotopic (exact) mass is 429 g/mol. The van der Waals surface area contributed by atoms with Crippen LogP contribution in [0.3, 0.4) is 0 Å². The zero-order chi connectivity index (χ0) is 16.4. The minimum Gasteiger partial charge on any atom is -0.462 e. The summed E-state index contributed by atoms with van der Waals surface area (Å²) in [6, 6.07) is 0. The Morgan fingerprint density at radius 1 is 1.29 bits per heavy atom. The second-order valence-corrected chi connectivity index (χ2v) is 4.59. The maximum atomic E-state index is 13.0. The molecule has 21 heavy (non-hydrogen) atoms. The number of carbonyl (C=O) groups excluding carboxylic acids is 1. The predicted octanol–water partition coefficient (Wildman–Crippen LogP) is 3.78. The SMILES string of the molecule is CCOC(=O)c1c(I)cnc(OC(F)(F)F)c1C(F)(F)F. The van der Waals surface area contributed by atoms with E-state index >= 15 is 0 Å². The van der Waals surface area contributed by atoms with E-state index < -0.39 is 35.5 Å². The first kappa shape index (κ1) is 17.8. The van der Waals surface area contributed by atoms with E-state index in [1.807, 2.05) is 0 Å². The van der Waals surface area contributed by atoms with Crippen molar-refractivity contribution in [3.05, 3.63) is 20.9 Å². The summed E-state index contributed by atoms with van der Waals surface area (Å²) in [5, 5.41) is 0. The molecule has 0 aliphatic rings. The van der Waals surface area contributed by atoms with Gasteiger partial charge in [0.05, 0.1) is 12.2 Å². The maximum absolute atomic E-state index is 13.0. The van der Waals surface area contributed by atoms with Gasteiger partial charge < -0.3 is 9.47 Å². The second-order valence-electron chi connectivity index (χ2n) is 3.43. The van der Waals surface area contributed by atoms with Gasteiger partial charge >= 0.3 is 18.5 Å². The highest BCUT2D eigenvalue weighted by molar-refractivity contribution is 14.1. The number of hydrogen-bond acceptors (Lipinski definition) is 4. The highest BCUT2D eigenvalue weighted by Gasteiger charge is 2.44.